The van der Waals surface area contributed by atoms with E-state index in [2.05, 4.69) is 10.3 Å². The van der Waals surface area contributed by atoms with Crippen molar-refractivity contribution in [3.8, 4) is 11.5 Å². The van der Waals surface area contributed by atoms with Crippen molar-refractivity contribution in [2.45, 2.75) is 52.6 Å². The zero-order chi connectivity index (χ0) is 23.8. The maximum Gasteiger partial charge on any atom is 0.328 e. The highest BCUT2D eigenvalue weighted by molar-refractivity contribution is 5.79. The SMILES string of the molecule is CCCOc1ccc(C(C)NC(=O)CCn2c(=O)[nH]c(=O)c3ccccc32)cc1OCCC. The number of fused-ring (bicyclic) bond motifs is 1. The van der Waals surface area contributed by atoms with Crippen molar-refractivity contribution in [3.63, 3.8) is 0 Å². The first kappa shape index (κ1) is 24.1. The van der Waals surface area contributed by atoms with Crippen LogP contribution in [0.2, 0.25) is 0 Å². The number of ether oxygens (including phenoxy) is 2. The van der Waals surface area contributed by atoms with Gasteiger partial charge in [0, 0.05) is 13.0 Å². The number of carbonyl (C=O) groups excluding carboxylic acids is 1. The number of hydrogen-bond acceptors (Lipinski definition) is 5. The molecule has 3 rings (SSSR count). The summed E-state index contributed by atoms with van der Waals surface area (Å²) in [5.41, 5.74) is 0.440. The highest BCUT2D eigenvalue weighted by Crippen LogP contribution is 2.31. The van der Waals surface area contributed by atoms with E-state index in [9.17, 15) is 14.4 Å². The summed E-state index contributed by atoms with van der Waals surface area (Å²) >= 11 is 0. The van der Waals surface area contributed by atoms with Crippen molar-refractivity contribution < 1.29 is 14.3 Å². The molecular weight excluding hydrogens is 422 g/mol. The fourth-order valence-corrected chi connectivity index (χ4v) is 3.52. The molecule has 1 unspecified atom stereocenters. The van der Waals surface area contributed by atoms with Crippen molar-refractivity contribution in [2.75, 3.05) is 13.2 Å². The van der Waals surface area contributed by atoms with Crippen molar-refractivity contribution in [1.82, 2.24) is 14.9 Å². The van der Waals surface area contributed by atoms with E-state index in [0.29, 0.717) is 35.6 Å². The predicted octanol–water partition coefficient (Wildman–Crippen LogP) is 3.53. The van der Waals surface area contributed by atoms with Gasteiger partial charge in [0.1, 0.15) is 0 Å². The van der Waals surface area contributed by atoms with Gasteiger partial charge in [-0.3, -0.25) is 19.1 Å². The van der Waals surface area contributed by atoms with Crippen LogP contribution in [0.4, 0.5) is 0 Å². The molecule has 1 heterocycles. The first-order valence-corrected chi connectivity index (χ1v) is 11.3. The summed E-state index contributed by atoms with van der Waals surface area (Å²) in [5, 5.41) is 3.38. The Morgan fingerprint density at radius 3 is 2.45 bits per heavy atom. The Morgan fingerprint density at radius 1 is 1.03 bits per heavy atom. The first-order valence-electron chi connectivity index (χ1n) is 11.3. The summed E-state index contributed by atoms with van der Waals surface area (Å²) in [6.07, 6.45) is 1.87. The molecule has 2 N–H and O–H groups in total. The lowest BCUT2D eigenvalue weighted by molar-refractivity contribution is -0.121. The van der Waals surface area contributed by atoms with Gasteiger partial charge in [-0.1, -0.05) is 32.0 Å². The molecule has 8 heteroatoms. The topological polar surface area (TPSA) is 102 Å². The standard InChI is InChI=1S/C25H31N3O5/c1-4-14-32-21-11-10-18(16-22(21)33-15-5-2)17(3)26-23(29)12-13-28-20-9-7-6-8-19(20)24(30)27-25(28)31/h6-11,16-17H,4-5,12-15H2,1-3H3,(H,26,29)(H,27,30,31). The summed E-state index contributed by atoms with van der Waals surface area (Å²) in [5.74, 6) is 1.15. The molecule has 0 fully saturated rings. The quantitative estimate of drug-likeness (QED) is 0.462. The molecule has 0 aliphatic heterocycles. The van der Waals surface area contributed by atoms with Crippen molar-refractivity contribution >= 4 is 16.8 Å². The van der Waals surface area contributed by atoms with Crippen LogP contribution in [0.25, 0.3) is 10.9 Å². The summed E-state index contributed by atoms with van der Waals surface area (Å²) in [6.45, 7) is 7.31. The van der Waals surface area contributed by atoms with Gasteiger partial charge in [0.05, 0.1) is 30.2 Å². The van der Waals surface area contributed by atoms with Gasteiger partial charge < -0.3 is 14.8 Å². The maximum absolute atomic E-state index is 12.6. The summed E-state index contributed by atoms with van der Waals surface area (Å²) in [7, 11) is 0. The lowest BCUT2D eigenvalue weighted by Crippen LogP contribution is -2.33. The predicted molar refractivity (Wildman–Crippen MR) is 128 cm³/mol. The fourth-order valence-electron chi connectivity index (χ4n) is 3.52. The van der Waals surface area contributed by atoms with Crippen LogP contribution in [-0.4, -0.2) is 28.7 Å². The zero-order valence-electron chi connectivity index (χ0n) is 19.3. The number of amides is 1. The number of para-hydroxylation sites is 1. The van der Waals surface area contributed by atoms with Crippen LogP contribution in [0.1, 0.15) is 51.6 Å². The van der Waals surface area contributed by atoms with Gasteiger partial charge in [0.15, 0.2) is 11.5 Å². The van der Waals surface area contributed by atoms with Gasteiger partial charge >= 0.3 is 5.69 Å². The largest absolute Gasteiger partial charge is 0.490 e. The minimum atomic E-state index is -0.528. The minimum absolute atomic E-state index is 0.0944. The molecule has 2 aromatic carbocycles. The highest BCUT2D eigenvalue weighted by Gasteiger charge is 2.15. The van der Waals surface area contributed by atoms with Gasteiger partial charge in [-0.25, -0.2) is 4.79 Å². The Labute approximate surface area is 192 Å². The smallest absolute Gasteiger partial charge is 0.328 e. The zero-order valence-corrected chi connectivity index (χ0v) is 19.3. The van der Waals surface area contributed by atoms with Crippen LogP contribution in [0.3, 0.4) is 0 Å². The molecule has 1 atom stereocenters. The number of nitrogens with zero attached hydrogens (tertiary/aromatic N) is 1. The van der Waals surface area contributed by atoms with Crippen LogP contribution in [0, 0.1) is 0 Å². The highest BCUT2D eigenvalue weighted by atomic mass is 16.5. The number of aromatic nitrogens is 2. The molecule has 176 valence electrons. The first-order chi connectivity index (χ1) is 15.9. The second kappa shape index (κ2) is 11.4. The van der Waals surface area contributed by atoms with E-state index in [1.54, 1.807) is 24.3 Å². The van der Waals surface area contributed by atoms with Crippen molar-refractivity contribution in [1.29, 1.82) is 0 Å². The van der Waals surface area contributed by atoms with Crippen LogP contribution >= 0.6 is 0 Å². The number of aromatic amines is 1. The van der Waals surface area contributed by atoms with E-state index >= 15 is 0 Å². The van der Waals surface area contributed by atoms with Gasteiger partial charge in [0.25, 0.3) is 5.56 Å². The average Bonchev–Trinajstić information content (AvgIpc) is 2.81. The summed E-state index contributed by atoms with van der Waals surface area (Å²) in [4.78, 5) is 39.2. The monoisotopic (exact) mass is 453 g/mol. The van der Waals surface area contributed by atoms with Crippen LogP contribution < -0.4 is 26.0 Å². The number of rotatable bonds is 11. The third-order valence-corrected chi connectivity index (χ3v) is 5.24. The summed E-state index contributed by atoms with van der Waals surface area (Å²) in [6, 6.07) is 12.3. The molecule has 0 radical (unpaired) electrons. The second-order valence-electron chi connectivity index (χ2n) is 7.87. The van der Waals surface area contributed by atoms with E-state index in [1.807, 2.05) is 39.0 Å². The number of aryl methyl sites for hydroxylation is 1. The van der Waals surface area contributed by atoms with Gasteiger partial charge in [-0.2, -0.15) is 0 Å². The molecule has 33 heavy (non-hydrogen) atoms. The average molecular weight is 454 g/mol. The van der Waals surface area contributed by atoms with Gasteiger partial charge in [-0.05, 0) is 49.6 Å². The fraction of sp³-hybridized carbons (Fsp3) is 0.400. The Kier molecular flexibility index (Phi) is 8.29. The number of benzene rings is 2. The Balaban J connectivity index is 1.69. The molecule has 0 bridgehead atoms. The molecule has 0 saturated carbocycles. The third-order valence-electron chi connectivity index (χ3n) is 5.24. The Bertz CT molecular complexity index is 1210. The number of H-pyrrole nitrogens is 1. The van der Waals surface area contributed by atoms with E-state index in [-0.39, 0.29) is 24.9 Å². The molecule has 1 aromatic heterocycles. The molecular formula is C25H31N3O5. The normalized spacial score (nSPS) is 11.8. The van der Waals surface area contributed by atoms with Gasteiger partial charge in [0.2, 0.25) is 5.91 Å². The van der Waals surface area contributed by atoms with Crippen LogP contribution in [-0.2, 0) is 11.3 Å². The molecule has 0 aliphatic carbocycles. The molecule has 0 aliphatic rings. The van der Waals surface area contributed by atoms with Crippen LogP contribution in [0.15, 0.2) is 52.1 Å². The lowest BCUT2D eigenvalue weighted by Gasteiger charge is -2.18. The molecule has 8 nitrogen and oxygen atoms in total. The third kappa shape index (κ3) is 6.03. The number of hydrogen-bond donors (Lipinski definition) is 2. The van der Waals surface area contributed by atoms with E-state index in [0.717, 1.165) is 18.4 Å². The van der Waals surface area contributed by atoms with E-state index in [4.69, 9.17) is 9.47 Å². The molecule has 3 aromatic rings. The van der Waals surface area contributed by atoms with E-state index < -0.39 is 11.2 Å². The molecule has 1 amide bonds. The molecule has 0 spiro atoms. The number of carbonyl (C=O) groups is 1. The molecule has 0 saturated heterocycles. The van der Waals surface area contributed by atoms with Crippen molar-refractivity contribution in [3.05, 3.63) is 68.9 Å². The van der Waals surface area contributed by atoms with E-state index in [1.165, 1.54) is 4.57 Å². The Morgan fingerprint density at radius 2 is 1.73 bits per heavy atom. The Hall–Kier alpha value is -3.55. The second-order valence-corrected chi connectivity index (χ2v) is 7.87. The maximum atomic E-state index is 12.6. The van der Waals surface area contributed by atoms with Crippen LogP contribution in [0.5, 0.6) is 11.5 Å². The van der Waals surface area contributed by atoms with Crippen molar-refractivity contribution in [2.24, 2.45) is 0 Å². The van der Waals surface area contributed by atoms with Gasteiger partial charge in [-0.15, -0.1) is 0 Å². The minimum Gasteiger partial charge on any atom is -0.490 e. The lowest BCUT2D eigenvalue weighted by atomic mass is 10.1. The number of nitrogens with one attached hydrogen (secondary N) is 2. The summed E-state index contributed by atoms with van der Waals surface area (Å²) < 4.78 is 13.0.